The van der Waals surface area contributed by atoms with Gasteiger partial charge in [-0.25, -0.2) is 9.97 Å². The van der Waals surface area contributed by atoms with E-state index in [1.54, 1.807) is 0 Å². The van der Waals surface area contributed by atoms with Gasteiger partial charge in [0, 0.05) is 17.9 Å². The highest BCUT2D eigenvalue weighted by Gasteiger charge is 2.30. The standard InChI is InChI=1S/C13H19N3O2/c1-8-7-14-13(15-9(8)2)16-11-5-4-10(6-11)12(17)18-3/h7,10-11H,4-6H2,1-3H3,(H,14,15,16)/t10-,11+/m0/s1. The van der Waals surface area contributed by atoms with E-state index in [0.717, 1.165) is 30.5 Å². The number of aromatic nitrogens is 2. The molecule has 5 nitrogen and oxygen atoms in total. The largest absolute Gasteiger partial charge is 0.469 e. The Morgan fingerprint density at radius 1 is 1.44 bits per heavy atom. The van der Waals surface area contributed by atoms with Crippen molar-refractivity contribution in [3.63, 3.8) is 0 Å². The number of carbonyl (C=O) groups is 1. The number of methoxy groups -OCH3 is 1. The van der Waals surface area contributed by atoms with Crippen molar-refractivity contribution >= 4 is 11.9 Å². The molecule has 0 aromatic carbocycles. The quantitative estimate of drug-likeness (QED) is 0.828. The predicted octanol–water partition coefficient (Wildman–Crippen LogP) is 1.85. The van der Waals surface area contributed by atoms with Gasteiger partial charge in [0.05, 0.1) is 13.0 Å². The lowest BCUT2D eigenvalue weighted by molar-refractivity contribution is -0.145. The van der Waals surface area contributed by atoms with Crippen LogP contribution in [-0.4, -0.2) is 29.1 Å². The van der Waals surface area contributed by atoms with Gasteiger partial charge in [-0.05, 0) is 38.7 Å². The Morgan fingerprint density at radius 3 is 2.89 bits per heavy atom. The van der Waals surface area contributed by atoms with E-state index in [9.17, 15) is 4.79 Å². The molecule has 0 bridgehead atoms. The number of anilines is 1. The van der Waals surface area contributed by atoms with Crippen LogP contribution in [0, 0.1) is 19.8 Å². The summed E-state index contributed by atoms with van der Waals surface area (Å²) in [5, 5.41) is 3.29. The maximum atomic E-state index is 11.4. The molecule has 1 aromatic rings. The van der Waals surface area contributed by atoms with Crippen LogP contribution in [0.4, 0.5) is 5.95 Å². The van der Waals surface area contributed by atoms with Gasteiger partial charge < -0.3 is 10.1 Å². The Bertz CT molecular complexity index is 448. The average Bonchev–Trinajstić information content (AvgIpc) is 2.81. The van der Waals surface area contributed by atoms with Gasteiger partial charge in [-0.3, -0.25) is 4.79 Å². The van der Waals surface area contributed by atoms with E-state index < -0.39 is 0 Å². The van der Waals surface area contributed by atoms with E-state index in [1.165, 1.54) is 7.11 Å². The second kappa shape index (κ2) is 5.33. The first-order valence-corrected chi connectivity index (χ1v) is 6.24. The van der Waals surface area contributed by atoms with Gasteiger partial charge >= 0.3 is 5.97 Å². The first kappa shape index (κ1) is 12.8. The van der Waals surface area contributed by atoms with Crippen LogP contribution in [-0.2, 0) is 9.53 Å². The van der Waals surface area contributed by atoms with Crippen LogP contribution in [0.15, 0.2) is 6.20 Å². The van der Waals surface area contributed by atoms with Crippen molar-refractivity contribution < 1.29 is 9.53 Å². The van der Waals surface area contributed by atoms with Crippen molar-refractivity contribution in [1.82, 2.24) is 9.97 Å². The summed E-state index contributed by atoms with van der Waals surface area (Å²) < 4.78 is 4.77. The van der Waals surface area contributed by atoms with Crippen LogP contribution in [0.25, 0.3) is 0 Å². The zero-order valence-electron chi connectivity index (χ0n) is 11.1. The van der Waals surface area contributed by atoms with Crippen molar-refractivity contribution in [2.24, 2.45) is 5.92 Å². The van der Waals surface area contributed by atoms with Crippen LogP contribution in [0.5, 0.6) is 0 Å². The van der Waals surface area contributed by atoms with Gasteiger partial charge in [0.15, 0.2) is 0 Å². The van der Waals surface area contributed by atoms with E-state index in [-0.39, 0.29) is 17.9 Å². The molecule has 1 N–H and O–H groups in total. The number of rotatable bonds is 3. The predicted molar refractivity (Wildman–Crippen MR) is 68.3 cm³/mol. The number of ether oxygens (including phenoxy) is 1. The maximum absolute atomic E-state index is 11.4. The fourth-order valence-corrected chi connectivity index (χ4v) is 2.27. The van der Waals surface area contributed by atoms with Crippen LogP contribution in [0.3, 0.4) is 0 Å². The first-order chi connectivity index (χ1) is 8.60. The third-order valence-corrected chi connectivity index (χ3v) is 3.53. The highest BCUT2D eigenvalue weighted by Crippen LogP contribution is 2.28. The van der Waals surface area contributed by atoms with Crippen LogP contribution in [0.1, 0.15) is 30.5 Å². The molecule has 5 heteroatoms. The number of esters is 1. The van der Waals surface area contributed by atoms with Crippen molar-refractivity contribution in [3.05, 3.63) is 17.5 Å². The smallest absolute Gasteiger partial charge is 0.308 e. The molecule has 0 spiro atoms. The first-order valence-electron chi connectivity index (χ1n) is 6.24. The molecular formula is C13H19N3O2. The molecule has 1 saturated carbocycles. The summed E-state index contributed by atoms with van der Waals surface area (Å²) in [5.74, 6) is 0.549. The number of aryl methyl sites for hydroxylation is 2. The van der Waals surface area contributed by atoms with Gasteiger partial charge in [-0.1, -0.05) is 0 Å². The second-order valence-corrected chi connectivity index (χ2v) is 4.84. The SMILES string of the molecule is COC(=O)[C@H]1CC[C@@H](Nc2ncc(C)c(C)n2)C1. The summed E-state index contributed by atoms with van der Waals surface area (Å²) >= 11 is 0. The van der Waals surface area contributed by atoms with Gasteiger partial charge in [-0.2, -0.15) is 0 Å². The minimum atomic E-state index is -0.111. The second-order valence-electron chi connectivity index (χ2n) is 4.84. The molecule has 1 aliphatic rings. The van der Waals surface area contributed by atoms with Gasteiger partial charge in [0.1, 0.15) is 0 Å². The molecule has 1 aromatic heterocycles. The lowest BCUT2D eigenvalue weighted by atomic mass is 10.1. The monoisotopic (exact) mass is 249 g/mol. The summed E-state index contributed by atoms with van der Waals surface area (Å²) in [7, 11) is 1.44. The summed E-state index contributed by atoms with van der Waals surface area (Å²) in [6.07, 6.45) is 4.44. The number of carbonyl (C=O) groups excluding carboxylic acids is 1. The molecule has 0 amide bonds. The normalized spacial score (nSPS) is 22.8. The van der Waals surface area contributed by atoms with E-state index >= 15 is 0 Å². The summed E-state index contributed by atoms with van der Waals surface area (Å²) in [5.41, 5.74) is 2.06. The summed E-state index contributed by atoms with van der Waals surface area (Å²) in [6, 6.07) is 0.260. The molecule has 0 radical (unpaired) electrons. The highest BCUT2D eigenvalue weighted by molar-refractivity contribution is 5.72. The minimum absolute atomic E-state index is 0.0130. The van der Waals surface area contributed by atoms with E-state index in [2.05, 4.69) is 15.3 Å². The Labute approximate surface area is 107 Å². The Hall–Kier alpha value is -1.65. The molecule has 0 saturated heterocycles. The summed E-state index contributed by atoms with van der Waals surface area (Å²) in [4.78, 5) is 20.1. The number of nitrogens with zero attached hydrogens (tertiary/aromatic N) is 2. The molecule has 18 heavy (non-hydrogen) atoms. The van der Waals surface area contributed by atoms with E-state index in [0.29, 0.717) is 5.95 Å². The van der Waals surface area contributed by atoms with Gasteiger partial charge in [-0.15, -0.1) is 0 Å². The Morgan fingerprint density at radius 2 is 2.22 bits per heavy atom. The average molecular weight is 249 g/mol. The highest BCUT2D eigenvalue weighted by atomic mass is 16.5. The number of nitrogens with one attached hydrogen (secondary N) is 1. The zero-order chi connectivity index (χ0) is 13.1. The number of hydrogen-bond donors (Lipinski definition) is 1. The van der Waals surface area contributed by atoms with Crippen molar-refractivity contribution in [2.75, 3.05) is 12.4 Å². The van der Waals surface area contributed by atoms with E-state index in [1.807, 2.05) is 20.0 Å². The van der Waals surface area contributed by atoms with Gasteiger partial charge in [0.25, 0.3) is 0 Å². The molecular weight excluding hydrogens is 230 g/mol. The molecule has 0 unspecified atom stereocenters. The van der Waals surface area contributed by atoms with Crippen molar-refractivity contribution in [2.45, 2.75) is 39.2 Å². The molecule has 1 fully saturated rings. The van der Waals surface area contributed by atoms with E-state index in [4.69, 9.17) is 4.74 Å². The molecule has 98 valence electrons. The third-order valence-electron chi connectivity index (χ3n) is 3.53. The fourth-order valence-electron chi connectivity index (χ4n) is 2.27. The molecule has 0 aliphatic heterocycles. The Kier molecular flexibility index (Phi) is 3.79. The third kappa shape index (κ3) is 2.78. The van der Waals surface area contributed by atoms with Crippen molar-refractivity contribution in [1.29, 1.82) is 0 Å². The lowest BCUT2D eigenvalue weighted by Crippen LogP contribution is -2.20. The van der Waals surface area contributed by atoms with Gasteiger partial charge in [0.2, 0.25) is 5.95 Å². The van der Waals surface area contributed by atoms with Crippen LogP contribution in [0.2, 0.25) is 0 Å². The minimum Gasteiger partial charge on any atom is -0.469 e. The topological polar surface area (TPSA) is 64.1 Å². The molecule has 1 aliphatic carbocycles. The molecule has 2 rings (SSSR count). The van der Waals surface area contributed by atoms with Crippen LogP contribution >= 0.6 is 0 Å². The number of hydrogen-bond acceptors (Lipinski definition) is 5. The Balaban J connectivity index is 1.95. The zero-order valence-corrected chi connectivity index (χ0v) is 11.1. The maximum Gasteiger partial charge on any atom is 0.308 e. The summed E-state index contributed by atoms with van der Waals surface area (Å²) in [6.45, 7) is 3.95. The lowest BCUT2D eigenvalue weighted by Gasteiger charge is -2.13. The van der Waals surface area contributed by atoms with Crippen molar-refractivity contribution in [3.8, 4) is 0 Å². The molecule has 1 heterocycles. The van der Waals surface area contributed by atoms with Crippen LogP contribution < -0.4 is 5.32 Å². The fraction of sp³-hybridized carbons (Fsp3) is 0.615. The molecule has 2 atom stereocenters.